The lowest BCUT2D eigenvalue weighted by Crippen LogP contribution is -2.55. The molecule has 1 saturated heterocycles. The summed E-state index contributed by atoms with van der Waals surface area (Å²) in [5, 5.41) is 8.67. The van der Waals surface area contributed by atoms with E-state index in [1.54, 1.807) is 6.92 Å². The number of hydrogen-bond acceptors (Lipinski definition) is 3. The zero-order chi connectivity index (χ0) is 16.3. The molecule has 0 aromatic rings. The number of carbonyl (C=O) groups excluding carboxylic acids is 1. The number of likely N-dealkylation sites (tertiary alicyclic amines) is 1. The van der Waals surface area contributed by atoms with Gasteiger partial charge in [0.25, 0.3) is 0 Å². The van der Waals surface area contributed by atoms with Crippen LogP contribution in [-0.2, 0) is 9.53 Å². The summed E-state index contributed by atoms with van der Waals surface area (Å²) < 4.78 is 42.7. The van der Waals surface area contributed by atoms with Crippen LogP contribution in [0.25, 0.3) is 0 Å². The number of rotatable bonds is 4. The van der Waals surface area contributed by atoms with Gasteiger partial charge in [0.05, 0.1) is 12.1 Å². The first-order valence-corrected chi connectivity index (χ1v) is 6.44. The Morgan fingerprint density at radius 2 is 2.05 bits per heavy atom. The number of carbonyl (C=O) groups is 2. The van der Waals surface area contributed by atoms with E-state index in [-0.39, 0.29) is 13.1 Å². The van der Waals surface area contributed by atoms with Crippen LogP contribution < -0.4 is 0 Å². The van der Waals surface area contributed by atoms with Gasteiger partial charge in [0.2, 0.25) is 0 Å². The first kappa shape index (κ1) is 17.5. The summed E-state index contributed by atoms with van der Waals surface area (Å²) in [6.45, 7) is -0.392. The molecule has 1 fully saturated rings. The smallest absolute Gasteiger partial charge is 0.406 e. The largest absolute Gasteiger partial charge is 0.480 e. The first-order valence-electron chi connectivity index (χ1n) is 6.44. The Morgan fingerprint density at radius 1 is 1.43 bits per heavy atom. The van der Waals surface area contributed by atoms with Crippen molar-refractivity contribution in [3.05, 3.63) is 0 Å². The number of halogens is 3. The lowest BCUT2D eigenvalue weighted by molar-refractivity contribution is -0.150. The van der Waals surface area contributed by atoms with Crippen LogP contribution in [-0.4, -0.2) is 72.0 Å². The van der Waals surface area contributed by atoms with Crippen molar-refractivity contribution in [3.63, 3.8) is 0 Å². The number of amides is 2. The molecule has 0 spiro atoms. The van der Waals surface area contributed by atoms with Crippen molar-refractivity contribution >= 4 is 12.0 Å². The second kappa shape index (κ2) is 6.50. The zero-order valence-electron chi connectivity index (χ0n) is 11.9. The molecule has 0 saturated carbocycles. The fraction of sp³-hybridized carbons (Fsp3) is 0.833. The van der Waals surface area contributed by atoms with Crippen molar-refractivity contribution in [1.82, 2.24) is 9.80 Å². The number of carboxylic acids is 1. The van der Waals surface area contributed by atoms with Crippen molar-refractivity contribution in [2.24, 2.45) is 0 Å². The highest BCUT2D eigenvalue weighted by Crippen LogP contribution is 2.25. The Labute approximate surface area is 120 Å². The van der Waals surface area contributed by atoms with E-state index in [4.69, 9.17) is 9.84 Å². The van der Waals surface area contributed by atoms with E-state index in [9.17, 15) is 22.8 Å². The van der Waals surface area contributed by atoms with Crippen LogP contribution >= 0.6 is 0 Å². The minimum atomic E-state index is -4.65. The van der Waals surface area contributed by atoms with Crippen LogP contribution in [0.3, 0.4) is 0 Å². The number of hydrogen-bond donors (Lipinski definition) is 1. The van der Waals surface area contributed by atoms with Crippen molar-refractivity contribution in [2.75, 3.05) is 33.3 Å². The lowest BCUT2D eigenvalue weighted by Gasteiger charge is -2.41. The van der Waals surface area contributed by atoms with E-state index in [0.717, 1.165) is 0 Å². The third-order valence-electron chi connectivity index (χ3n) is 3.39. The summed E-state index contributed by atoms with van der Waals surface area (Å²) >= 11 is 0. The Bertz CT molecular complexity index is 402. The summed E-state index contributed by atoms with van der Waals surface area (Å²) in [6.07, 6.45) is -3.38. The van der Waals surface area contributed by atoms with Crippen molar-refractivity contribution in [1.29, 1.82) is 0 Å². The average Bonchev–Trinajstić information content (AvgIpc) is 2.35. The van der Waals surface area contributed by atoms with Gasteiger partial charge in [0, 0.05) is 13.7 Å². The fourth-order valence-corrected chi connectivity index (χ4v) is 2.31. The summed E-state index contributed by atoms with van der Waals surface area (Å²) in [7, 11) is 1.47. The van der Waals surface area contributed by atoms with Crippen LogP contribution in [0.2, 0.25) is 0 Å². The average molecular weight is 312 g/mol. The standard InChI is InChI=1S/C12H19F3N2O4/c1-11(21-2)4-3-5-16(7-11)10(20)17(6-9(18)19)8-12(13,14)15/h3-8H2,1-2H3,(H,18,19). The maximum Gasteiger partial charge on any atom is 0.406 e. The molecule has 6 nitrogen and oxygen atoms in total. The van der Waals surface area contributed by atoms with E-state index < -0.39 is 36.9 Å². The summed E-state index contributed by atoms with van der Waals surface area (Å²) in [5.41, 5.74) is -0.624. The van der Waals surface area contributed by atoms with Crippen LogP contribution in [0.1, 0.15) is 19.8 Å². The number of alkyl halides is 3. The third-order valence-corrected chi connectivity index (χ3v) is 3.39. The number of methoxy groups -OCH3 is 1. The molecule has 9 heteroatoms. The van der Waals surface area contributed by atoms with Gasteiger partial charge >= 0.3 is 18.2 Å². The molecule has 21 heavy (non-hydrogen) atoms. The summed E-state index contributed by atoms with van der Waals surface area (Å²) in [5.74, 6) is -1.49. The Hall–Kier alpha value is -1.51. The zero-order valence-corrected chi connectivity index (χ0v) is 11.9. The van der Waals surface area contributed by atoms with Gasteiger partial charge in [0.15, 0.2) is 0 Å². The van der Waals surface area contributed by atoms with Gasteiger partial charge in [-0.25, -0.2) is 4.79 Å². The number of urea groups is 1. The minimum Gasteiger partial charge on any atom is -0.480 e. The molecule has 2 amide bonds. The normalized spacial score (nSPS) is 23.0. The van der Waals surface area contributed by atoms with Crippen LogP contribution in [0.5, 0.6) is 0 Å². The van der Waals surface area contributed by atoms with Crippen LogP contribution in [0.15, 0.2) is 0 Å². The van der Waals surface area contributed by atoms with E-state index in [1.165, 1.54) is 12.0 Å². The van der Waals surface area contributed by atoms with Gasteiger partial charge in [-0.15, -0.1) is 0 Å². The molecular weight excluding hydrogens is 293 g/mol. The van der Waals surface area contributed by atoms with Crippen molar-refractivity contribution in [3.8, 4) is 0 Å². The maximum absolute atomic E-state index is 12.5. The number of ether oxygens (including phenoxy) is 1. The first-order chi connectivity index (χ1) is 9.56. The predicted octanol–water partition coefficient (Wildman–Crippen LogP) is 1.56. The molecule has 1 heterocycles. The topological polar surface area (TPSA) is 70.1 Å². The molecule has 0 radical (unpaired) electrons. The minimum absolute atomic E-state index is 0.135. The molecule has 122 valence electrons. The van der Waals surface area contributed by atoms with Gasteiger partial charge in [-0.3, -0.25) is 4.79 Å². The molecule has 1 atom stereocenters. The van der Waals surface area contributed by atoms with Gasteiger partial charge in [-0.2, -0.15) is 13.2 Å². The Morgan fingerprint density at radius 3 is 2.52 bits per heavy atom. The van der Waals surface area contributed by atoms with E-state index in [0.29, 0.717) is 17.7 Å². The second-order valence-corrected chi connectivity index (χ2v) is 5.33. The Kier molecular flexibility index (Phi) is 5.43. The number of aliphatic carboxylic acids is 1. The SMILES string of the molecule is COC1(C)CCCN(C(=O)N(CC(=O)O)CC(F)(F)F)C1. The van der Waals surface area contributed by atoms with E-state index in [2.05, 4.69) is 0 Å². The number of piperidine rings is 1. The highest BCUT2D eigenvalue weighted by atomic mass is 19.4. The number of carboxylic acid groups (broad SMARTS) is 1. The van der Waals surface area contributed by atoms with Gasteiger partial charge < -0.3 is 19.6 Å². The van der Waals surface area contributed by atoms with E-state index in [1.807, 2.05) is 0 Å². The maximum atomic E-state index is 12.5. The highest BCUT2D eigenvalue weighted by Gasteiger charge is 2.39. The molecule has 0 aromatic carbocycles. The molecule has 0 bridgehead atoms. The molecule has 1 N–H and O–H groups in total. The van der Waals surface area contributed by atoms with Gasteiger partial charge in [-0.05, 0) is 19.8 Å². The molecule has 1 rings (SSSR count). The van der Waals surface area contributed by atoms with Crippen LogP contribution in [0, 0.1) is 0 Å². The summed E-state index contributed by atoms with van der Waals surface area (Å²) in [6, 6.07) is -0.933. The highest BCUT2D eigenvalue weighted by molar-refractivity contribution is 5.80. The van der Waals surface area contributed by atoms with Gasteiger partial charge in [0.1, 0.15) is 13.1 Å². The second-order valence-electron chi connectivity index (χ2n) is 5.33. The summed E-state index contributed by atoms with van der Waals surface area (Å²) in [4.78, 5) is 24.3. The predicted molar refractivity (Wildman–Crippen MR) is 66.9 cm³/mol. The fourth-order valence-electron chi connectivity index (χ4n) is 2.31. The molecule has 1 unspecified atom stereocenters. The van der Waals surface area contributed by atoms with Crippen LogP contribution in [0.4, 0.5) is 18.0 Å². The molecular formula is C12H19F3N2O4. The Balaban J connectivity index is 2.81. The molecule has 1 aliphatic rings. The quantitative estimate of drug-likeness (QED) is 0.855. The van der Waals surface area contributed by atoms with Crippen molar-refractivity contribution < 1.29 is 32.6 Å². The van der Waals surface area contributed by atoms with Gasteiger partial charge in [-0.1, -0.05) is 0 Å². The van der Waals surface area contributed by atoms with Crippen molar-refractivity contribution in [2.45, 2.75) is 31.5 Å². The number of nitrogens with zero attached hydrogens (tertiary/aromatic N) is 2. The lowest BCUT2D eigenvalue weighted by atomic mass is 9.95. The molecule has 0 aliphatic carbocycles. The monoisotopic (exact) mass is 312 g/mol. The van der Waals surface area contributed by atoms with E-state index >= 15 is 0 Å². The molecule has 0 aromatic heterocycles. The third kappa shape index (κ3) is 5.41. The molecule has 1 aliphatic heterocycles.